The highest BCUT2D eigenvalue weighted by Gasteiger charge is 2.37. The van der Waals surface area contributed by atoms with Crippen molar-refractivity contribution in [2.45, 2.75) is 29.4 Å². The van der Waals surface area contributed by atoms with Crippen LogP contribution in [0.3, 0.4) is 0 Å². The topological polar surface area (TPSA) is 43.1 Å². The van der Waals surface area contributed by atoms with E-state index in [1.165, 1.54) is 0 Å². The molecular formula is C13H12ClF6NOS. The van der Waals surface area contributed by atoms with Gasteiger partial charge in [-0.15, -0.1) is 11.8 Å². The van der Waals surface area contributed by atoms with Crippen molar-refractivity contribution in [1.29, 1.82) is 0 Å². The van der Waals surface area contributed by atoms with Crippen molar-refractivity contribution in [3.05, 3.63) is 35.4 Å². The van der Waals surface area contributed by atoms with Gasteiger partial charge in [0.2, 0.25) is 5.91 Å². The molecule has 0 saturated carbocycles. The lowest BCUT2D eigenvalue weighted by molar-refractivity contribution is -0.137. The van der Waals surface area contributed by atoms with Gasteiger partial charge >= 0.3 is 12.4 Å². The van der Waals surface area contributed by atoms with E-state index >= 15 is 0 Å². The molecule has 0 aromatic heterocycles. The number of amides is 1. The average molecular weight is 380 g/mol. The van der Waals surface area contributed by atoms with Gasteiger partial charge in [-0.2, -0.15) is 26.3 Å². The first-order valence-corrected chi connectivity index (χ1v) is 7.55. The number of hydrogen-bond donors (Lipinski definition) is 1. The Morgan fingerprint density at radius 1 is 1.09 bits per heavy atom. The fourth-order valence-electron chi connectivity index (χ4n) is 1.61. The number of primary amides is 1. The molecule has 2 nitrogen and oxygen atoms in total. The zero-order chi connectivity index (χ0) is 17.9. The zero-order valence-corrected chi connectivity index (χ0v) is 13.0. The van der Waals surface area contributed by atoms with Gasteiger partial charge in [-0.05, 0) is 17.7 Å². The highest BCUT2D eigenvalue weighted by molar-refractivity contribution is 8.02. The summed E-state index contributed by atoms with van der Waals surface area (Å²) in [6.07, 6.45) is -10.4. The number of halogens is 7. The van der Waals surface area contributed by atoms with Crippen molar-refractivity contribution < 1.29 is 31.1 Å². The normalized spacial score (nSPS) is 15.3. The maximum absolute atomic E-state index is 12.5. The minimum absolute atomic E-state index is 0.256. The van der Waals surface area contributed by atoms with Gasteiger partial charge in [0.15, 0.2) is 4.21 Å². The first kappa shape index (κ1) is 20.0. The summed E-state index contributed by atoms with van der Waals surface area (Å²) >= 11 is 6.48. The summed E-state index contributed by atoms with van der Waals surface area (Å²) in [5.74, 6) is -1.54. The number of benzene rings is 1. The maximum Gasteiger partial charge on any atom is 0.416 e. The molecule has 1 amide bonds. The van der Waals surface area contributed by atoms with E-state index in [0.717, 1.165) is 24.3 Å². The number of hydrogen-bond acceptors (Lipinski definition) is 2. The van der Waals surface area contributed by atoms with Crippen molar-refractivity contribution in [2.75, 3.05) is 5.75 Å². The van der Waals surface area contributed by atoms with Crippen LogP contribution in [0.15, 0.2) is 24.3 Å². The number of carbonyl (C=O) groups excluding carboxylic acids is 1. The van der Waals surface area contributed by atoms with E-state index in [4.69, 9.17) is 17.3 Å². The molecule has 1 rings (SSSR count). The fourth-order valence-corrected chi connectivity index (χ4v) is 3.07. The SMILES string of the molecule is NC(=O)C(Cl)(Cc1ccc(C(F)(F)F)cc1)SCCC(F)(F)F. The highest BCUT2D eigenvalue weighted by atomic mass is 35.5. The van der Waals surface area contributed by atoms with Crippen molar-refractivity contribution in [1.82, 2.24) is 0 Å². The van der Waals surface area contributed by atoms with Crippen LogP contribution in [0.25, 0.3) is 0 Å². The molecule has 0 heterocycles. The second kappa shape index (κ2) is 7.21. The summed E-state index contributed by atoms with van der Waals surface area (Å²) in [6, 6.07) is 3.81. The van der Waals surface area contributed by atoms with Crippen LogP contribution in [0, 0.1) is 0 Å². The summed E-state index contributed by atoms with van der Waals surface area (Å²) in [7, 11) is 0. The second-order valence-corrected chi connectivity index (χ2v) is 6.94. The van der Waals surface area contributed by atoms with Crippen molar-refractivity contribution >= 4 is 29.3 Å². The summed E-state index contributed by atoms with van der Waals surface area (Å²) in [6.45, 7) is 0. The quantitative estimate of drug-likeness (QED) is 0.589. The molecule has 0 radical (unpaired) electrons. The van der Waals surface area contributed by atoms with E-state index in [1.807, 2.05) is 0 Å². The van der Waals surface area contributed by atoms with Gasteiger partial charge in [-0.25, -0.2) is 0 Å². The molecule has 0 bridgehead atoms. The van der Waals surface area contributed by atoms with E-state index < -0.39 is 40.2 Å². The average Bonchev–Trinajstić information content (AvgIpc) is 2.36. The molecule has 0 saturated heterocycles. The van der Waals surface area contributed by atoms with Crippen LogP contribution in [0.2, 0.25) is 0 Å². The van der Waals surface area contributed by atoms with Gasteiger partial charge in [0.05, 0.1) is 12.0 Å². The van der Waals surface area contributed by atoms with E-state index in [2.05, 4.69) is 0 Å². The van der Waals surface area contributed by atoms with E-state index in [0.29, 0.717) is 11.8 Å². The third-order valence-electron chi connectivity index (χ3n) is 2.80. The third-order valence-corrected chi connectivity index (χ3v) is 4.66. The Labute approximate surface area is 137 Å². The van der Waals surface area contributed by atoms with Crippen LogP contribution >= 0.6 is 23.4 Å². The molecule has 2 N–H and O–H groups in total. The molecule has 0 aliphatic rings. The molecule has 1 atom stereocenters. The number of alkyl halides is 7. The van der Waals surface area contributed by atoms with Crippen LogP contribution in [0.5, 0.6) is 0 Å². The Morgan fingerprint density at radius 2 is 1.61 bits per heavy atom. The lowest BCUT2D eigenvalue weighted by Gasteiger charge is -2.23. The van der Waals surface area contributed by atoms with Crippen molar-refractivity contribution in [3.63, 3.8) is 0 Å². The van der Waals surface area contributed by atoms with Gasteiger partial charge in [-0.3, -0.25) is 4.79 Å². The Kier molecular flexibility index (Phi) is 6.25. The van der Waals surface area contributed by atoms with Crippen molar-refractivity contribution in [2.24, 2.45) is 5.73 Å². The molecule has 130 valence electrons. The van der Waals surface area contributed by atoms with Gasteiger partial charge < -0.3 is 5.73 Å². The Morgan fingerprint density at radius 3 is 2.00 bits per heavy atom. The van der Waals surface area contributed by atoms with Crippen LogP contribution in [-0.4, -0.2) is 22.0 Å². The smallest absolute Gasteiger partial charge is 0.367 e. The molecule has 0 spiro atoms. The highest BCUT2D eigenvalue weighted by Crippen LogP contribution is 2.37. The summed E-state index contributed by atoms with van der Waals surface area (Å²) in [4.78, 5) is 11.4. The van der Waals surface area contributed by atoms with Gasteiger partial charge in [0, 0.05) is 12.2 Å². The second-order valence-electron chi connectivity index (χ2n) is 4.68. The molecule has 0 aliphatic heterocycles. The lowest BCUT2D eigenvalue weighted by atomic mass is 10.1. The maximum atomic E-state index is 12.5. The standard InChI is InChI=1S/C13H12ClF6NOS/c14-11(10(21)22,23-6-5-12(15,16)17)7-8-1-3-9(4-2-8)13(18,19)20/h1-4H,5-7H2,(H2,21,22). The molecule has 0 fully saturated rings. The first-order valence-electron chi connectivity index (χ1n) is 6.19. The van der Waals surface area contributed by atoms with Gasteiger partial charge in [0.25, 0.3) is 0 Å². The molecule has 1 aromatic rings. The molecule has 23 heavy (non-hydrogen) atoms. The molecule has 1 unspecified atom stereocenters. The number of nitrogens with two attached hydrogens (primary N) is 1. The number of thioether (sulfide) groups is 1. The Bertz CT molecular complexity index is 545. The molecule has 10 heteroatoms. The Balaban J connectivity index is 2.81. The lowest BCUT2D eigenvalue weighted by Crippen LogP contribution is -2.38. The fraction of sp³-hybridized carbons (Fsp3) is 0.462. The van der Waals surface area contributed by atoms with E-state index in [-0.39, 0.29) is 12.0 Å². The third kappa shape index (κ3) is 6.50. The molecule has 1 aromatic carbocycles. The molecule has 0 aliphatic carbocycles. The van der Waals surface area contributed by atoms with Gasteiger partial charge in [0.1, 0.15) is 0 Å². The zero-order valence-electron chi connectivity index (χ0n) is 11.5. The Hall–Kier alpha value is -1.09. The summed E-state index contributed by atoms with van der Waals surface area (Å²) in [5.41, 5.74) is 4.49. The summed E-state index contributed by atoms with van der Waals surface area (Å²) in [5, 5.41) is 0. The van der Waals surface area contributed by atoms with E-state index in [9.17, 15) is 31.1 Å². The summed E-state index contributed by atoms with van der Waals surface area (Å²) < 4.78 is 71.9. The predicted molar refractivity (Wildman–Crippen MR) is 76.1 cm³/mol. The number of carbonyl (C=O) groups is 1. The minimum Gasteiger partial charge on any atom is -0.367 e. The minimum atomic E-state index is -4.51. The molecular weight excluding hydrogens is 368 g/mol. The van der Waals surface area contributed by atoms with Crippen molar-refractivity contribution in [3.8, 4) is 0 Å². The van der Waals surface area contributed by atoms with Gasteiger partial charge in [-0.1, -0.05) is 23.7 Å². The van der Waals surface area contributed by atoms with Crippen LogP contribution in [0.4, 0.5) is 26.3 Å². The van der Waals surface area contributed by atoms with E-state index in [1.54, 1.807) is 0 Å². The largest absolute Gasteiger partial charge is 0.416 e. The monoisotopic (exact) mass is 379 g/mol. The van der Waals surface area contributed by atoms with Crippen LogP contribution < -0.4 is 5.73 Å². The first-order chi connectivity index (χ1) is 10.3. The van der Waals surface area contributed by atoms with Crippen LogP contribution in [-0.2, 0) is 17.4 Å². The van der Waals surface area contributed by atoms with Crippen LogP contribution in [0.1, 0.15) is 17.5 Å². The predicted octanol–water partition coefficient (Wildman–Crippen LogP) is 4.35. The number of rotatable bonds is 6.